The van der Waals surface area contributed by atoms with Crippen LogP contribution < -0.4 is 10.1 Å². The molecule has 1 N–H and O–H groups in total. The van der Waals surface area contributed by atoms with Crippen molar-refractivity contribution in [3.8, 4) is 5.75 Å². The summed E-state index contributed by atoms with van der Waals surface area (Å²) in [5.41, 5.74) is 1.02. The standard InChI is InChI=1S/C15H22N4O/c1-12(2)8-16-9-13-4-5-14(10-18-13)20-11-15-17-6-7-19(15)3/h4-7,10,12,16H,8-9,11H2,1-3H3. The fourth-order valence-electron chi connectivity index (χ4n) is 1.77. The minimum atomic E-state index is 0.454. The van der Waals surface area contributed by atoms with E-state index in [4.69, 9.17) is 4.74 Å². The first-order valence-electron chi connectivity index (χ1n) is 6.90. The van der Waals surface area contributed by atoms with E-state index in [2.05, 4.69) is 29.1 Å². The first-order valence-corrected chi connectivity index (χ1v) is 6.90. The minimum absolute atomic E-state index is 0.454. The lowest BCUT2D eigenvalue weighted by atomic mass is 10.2. The van der Waals surface area contributed by atoms with Gasteiger partial charge in [-0.3, -0.25) is 4.98 Å². The second-order valence-corrected chi connectivity index (χ2v) is 5.25. The van der Waals surface area contributed by atoms with E-state index in [-0.39, 0.29) is 0 Å². The van der Waals surface area contributed by atoms with Gasteiger partial charge in [-0.05, 0) is 24.6 Å². The number of imidazole rings is 1. The third kappa shape index (κ3) is 4.35. The number of aryl methyl sites for hydroxylation is 1. The van der Waals surface area contributed by atoms with E-state index in [1.807, 2.05) is 29.9 Å². The number of aromatic nitrogens is 3. The molecule has 2 aromatic rings. The lowest BCUT2D eigenvalue weighted by molar-refractivity contribution is 0.290. The van der Waals surface area contributed by atoms with Crippen LogP contribution in [-0.4, -0.2) is 21.1 Å². The first-order chi connectivity index (χ1) is 9.65. The van der Waals surface area contributed by atoms with Crippen LogP contribution in [0, 0.1) is 5.92 Å². The van der Waals surface area contributed by atoms with Crippen molar-refractivity contribution in [2.45, 2.75) is 27.0 Å². The van der Waals surface area contributed by atoms with E-state index < -0.39 is 0 Å². The van der Waals surface area contributed by atoms with Gasteiger partial charge in [0.2, 0.25) is 0 Å². The number of hydrogen-bond acceptors (Lipinski definition) is 4. The summed E-state index contributed by atoms with van der Waals surface area (Å²) in [4.78, 5) is 8.60. The molecular weight excluding hydrogens is 252 g/mol. The molecule has 0 unspecified atom stereocenters. The van der Waals surface area contributed by atoms with Gasteiger partial charge in [0.05, 0.1) is 11.9 Å². The highest BCUT2D eigenvalue weighted by atomic mass is 16.5. The third-order valence-electron chi connectivity index (χ3n) is 2.95. The van der Waals surface area contributed by atoms with Crippen molar-refractivity contribution in [2.24, 2.45) is 13.0 Å². The van der Waals surface area contributed by atoms with Crippen LogP contribution in [0.1, 0.15) is 25.4 Å². The van der Waals surface area contributed by atoms with Gasteiger partial charge in [0.1, 0.15) is 18.2 Å². The molecule has 0 radical (unpaired) electrons. The molecule has 2 aromatic heterocycles. The summed E-state index contributed by atoms with van der Waals surface area (Å²) < 4.78 is 7.60. The van der Waals surface area contributed by atoms with Crippen LogP contribution in [0.15, 0.2) is 30.7 Å². The third-order valence-corrected chi connectivity index (χ3v) is 2.95. The highest BCUT2D eigenvalue weighted by Gasteiger charge is 2.02. The fourth-order valence-corrected chi connectivity index (χ4v) is 1.77. The Balaban J connectivity index is 1.81. The van der Waals surface area contributed by atoms with E-state index in [1.54, 1.807) is 12.4 Å². The Hall–Kier alpha value is -1.88. The molecule has 0 saturated carbocycles. The summed E-state index contributed by atoms with van der Waals surface area (Å²) >= 11 is 0. The van der Waals surface area contributed by atoms with Gasteiger partial charge in [-0.2, -0.15) is 0 Å². The molecule has 0 atom stereocenters. The van der Waals surface area contributed by atoms with Crippen molar-refractivity contribution in [3.63, 3.8) is 0 Å². The number of ether oxygens (including phenoxy) is 1. The molecule has 0 saturated heterocycles. The fraction of sp³-hybridized carbons (Fsp3) is 0.467. The molecule has 2 rings (SSSR count). The Morgan fingerprint density at radius 3 is 2.75 bits per heavy atom. The first kappa shape index (κ1) is 14.5. The van der Waals surface area contributed by atoms with Crippen molar-refractivity contribution in [1.29, 1.82) is 0 Å². The summed E-state index contributed by atoms with van der Waals surface area (Å²) in [7, 11) is 1.95. The smallest absolute Gasteiger partial charge is 0.146 e. The zero-order chi connectivity index (χ0) is 14.4. The molecule has 5 nitrogen and oxygen atoms in total. The van der Waals surface area contributed by atoms with E-state index in [9.17, 15) is 0 Å². The molecule has 0 aromatic carbocycles. The van der Waals surface area contributed by atoms with E-state index in [1.165, 1.54) is 0 Å². The molecule has 0 spiro atoms. The zero-order valence-electron chi connectivity index (χ0n) is 12.3. The zero-order valence-corrected chi connectivity index (χ0v) is 12.3. The van der Waals surface area contributed by atoms with Crippen molar-refractivity contribution in [2.75, 3.05) is 6.54 Å². The maximum atomic E-state index is 5.66. The van der Waals surface area contributed by atoms with Crippen molar-refractivity contribution >= 4 is 0 Å². The molecule has 108 valence electrons. The van der Waals surface area contributed by atoms with Gasteiger partial charge >= 0.3 is 0 Å². The summed E-state index contributed by atoms with van der Waals surface area (Å²) in [6.07, 6.45) is 5.43. The summed E-state index contributed by atoms with van der Waals surface area (Å²) in [6.45, 7) is 6.62. The number of hydrogen-bond donors (Lipinski definition) is 1. The molecule has 0 bridgehead atoms. The van der Waals surface area contributed by atoms with Crippen molar-refractivity contribution in [1.82, 2.24) is 19.9 Å². The molecule has 0 aliphatic heterocycles. The average molecular weight is 274 g/mol. The summed E-state index contributed by atoms with van der Waals surface area (Å²) in [6, 6.07) is 3.93. The Morgan fingerprint density at radius 1 is 1.30 bits per heavy atom. The predicted octanol–water partition coefficient (Wildman–Crippen LogP) is 2.14. The SMILES string of the molecule is CC(C)CNCc1ccc(OCc2nccn2C)cn1. The molecule has 0 aliphatic rings. The van der Waals surface area contributed by atoms with E-state index in [0.717, 1.165) is 30.4 Å². The van der Waals surface area contributed by atoms with E-state index in [0.29, 0.717) is 12.5 Å². The molecule has 0 aliphatic carbocycles. The van der Waals surface area contributed by atoms with Gasteiger partial charge < -0.3 is 14.6 Å². The molecule has 0 amide bonds. The lowest BCUT2D eigenvalue weighted by Gasteiger charge is -2.08. The van der Waals surface area contributed by atoms with Crippen LogP contribution in [0.4, 0.5) is 0 Å². The highest BCUT2D eigenvalue weighted by Crippen LogP contribution is 2.11. The second-order valence-electron chi connectivity index (χ2n) is 5.25. The van der Waals surface area contributed by atoms with Gasteiger partial charge in [0.15, 0.2) is 0 Å². The molecular formula is C15H22N4O. The van der Waals surface area contributed by atoms with Crippen LogP contribution in [0.3, 0.4) is 0 Å². The van der Waals surface area contributed by atoms with Crippen LogP contribution in [-0.2, 0) is 20.2 Å². The van der Waals surface area contributed by atoms with Gasteiger partial charge in [-0.15, -0.1) is 0 Å². The van der Waals surface area contributed by atoms with Crippen LogP contribution in [0.2, 0.25) is 0 Å². The quantitative estimate of drug-likeness (QED) is 0.840. The Bertz CT molecular complexity index is 519. The average Bonchev–Trinajstić information content (AvgIpc) is 2.83. The summed E-state index contributed by atoms with van der Waals surface area (Å²) in [5.74, 6) is 2.31. The highest BCUT2D eigenvalue weighted by molar-refractivity contribution is 5.20. The Labute approximate surface area is 120 Å². The van der Waals surface area contributed by atoms with Crippen LogP contribution >= 0.6 is 0 Å². The molecule has 2 heterocycles. The Morgan fingerprint density at radius 2 is 2.15 bits per heavy atom. The Kier molecular flexibility index (Phi) is 5.12. The number of nitrogens with zero attached hydrogens (tertiary/aromatic N) is 3. The normalized spacial score (nSPS) is 11.0. The van der Waals surface area contributed by atoms with Crippen molar-refractivity contribution in [3.05, 3.63) is 42.2 Å². The minimum Gasteiger partial charge on any atom is -0.484 e. The lowest BCUT2D eigenvalue weighted by Crippen LogP contribution is -2.19. The van der Waals surface area contributed by atoms with Crippen LogP contribution in [0.5, 0.6) is 5.75 Å². The number of pyridine rings is 1. The monoisotopic (exact) mass is 274 g/mol. The topological polar surface area (TPSA) is 52.0 Å². The van der Waals surface area contributed by atoms with Gasteiger partial charge in [-0.25, -0.2) is 4.98 Å². The number of nitrogens with one attached hydrogen (secondary N) is 1. The van der Waals surface area contributed by atoms with Gasteiger partial charge in [0.25, 0.3) is 0 Å². The molecule has 20 heavy (non-hydrogen) atoms. The van der Waals surface area contributed by atoms with E-state index >= 15 is 0 Å². The largest absolute Gasteiger partial charge is 0.484 e. The van der Waals surface area contributed by atoms with Gasteiger partial charge in [-0.1, -0.05) is 13.8 Å². The maximum Gasteiger partial charge on any atom is 0.146 e. The van der Waals surface area contributed by atoms with Crippen LogP contribution in [0.25, 0.3) is 0 Å². The number of rotatable bonds is 7. The molecule has 5 heteroatoms. The second kappa shape index (κ2) is 7.05. The predicted molar refractivity (Wildman–Crippen MR) is 78.3 cm³/mol. The summed E-state index contributed by atoms with van der Waals surface area (Å²) in [5, 5.41) is 3.37. The van der Waals surface area contributed by atoms with Gasteiger partial charge in [0, 0.05) is 26.0 Å². The van der Waals surface area contributed by atoms with Crippen molar-refractivity contribution < 1.29 is 4.74 Å². The molecule has 0 fully saturated rings. The maximum absolute atomic E-state index is 5.66.